The molecule has 0 aliphatic rings. The fourth-order valence-corrected chi connectivity index (χ4v) is 3.81. The number of esters is 1. The minimum Gasteiger partial charge on any atom is -0.454 e. The van der Waals surface area contributed by atoms with E-state index in [0.29, 0.717) is 11.4 Å². The van der Waals surface area contributed by atoms with Crippen molar-refractivity contribution < 1.29 is 9.53 Å². The van der Waals surface area contributed by atoms with Gasteiger partial charge < -0.3 is 4.74 Å². The second-order valence-corrected chi connectivity index (χ2v) is 7.44. The number of aromatic nitrogens is 3. The van der Waals surface area contributed by atoms with Gasteiger partial charge in [-0.25, -0.2) is 14.5 Å². The van der Waals surface area contributed by atoms with E-state index in [4.69, 9.17) is 4.74 Å². The minimum absolute atomic E-state index is 0.0650. The van der Waals surface area contributed by atoms with Crippen molar-refractivity contribution >= 4 is 27.6 Å². The van der Waals surface area contributed by atoms with Gasteiger partial charge in [-0.05, 0) is 30.5 Å². The monoisotopic (exact) mass is 421 g/mol. The number of hydrogen-bond acceptors (Lipinski definition) is 5. The van der Waals surface area contributed by atoms with Gasteiger partial charge in [-0.15, -0.1) is 0 Å². The Morgan fingerprint density at radius 1 is 0.875 bits per heavy atom. The van der Waals surface area contributed by atoms with Gasteiger partial charge in [0.15, 0.2) is 0 Å². The molecule has 0 spiro atoms. The molecular formula is C26H19N3O3. The van der Waals surface area contributed by atoms with E-state index in [1.165, 1.54) is 6.07 Å². The molecule has 0 amide bonds. The largest absolute Gasteiger partial charge is 0.454 e. The van der Waals surface area contributed by atoms with Crippen molar-refractivity contribution in [2.45, 2.75) is 13.5 Å². The van der Waals surface area contributed by atoms with Crippen LogP contribution in [-0.2, 0) is 11.3 Å². The molecule has 0 aliphatic heterocycles. The van der Waals surface area contributed by atoms with Crippen LogP contribution in [0.25, 0.3) is 27.4 Å². The number of carbonyl (C=O) groups is 1. The minimum atomic E-state index is -0.779. The third-order valence-electron chi connectivity index (χ3n) is 5.33. The number of aryl methyl sites for hydroxylation is 1. The molecule has 0 fully saturated rings. The maximum absolute atomic E-state index is 12.8. The van der Waals surface area contributed by atoms with Crippen molar-refractivity contribution in [2.75, 3.05) is 0 Å². The van der Waals surface area contributed by atoms with Gasteiger partial charge in [0, 0.05) is 22.5 Å². The third kappa shape index (κ3) is 3.52. The first-order valence-corrected chi connectivity index (χ1v) is 10.2. The number of rotatable bonds is 4. The lowest BCUT2D eigenvalue weighted by molar-refractivity contribution is 0.0459. The average molecular weight is 421 g/mol. The van der Waals surface area contributed by atoms with Crippen LogP contribution in [-0.4, -0.2) is 20.7 Å². The lowest BCUT2D eigenvalue weighted by Crippen LogP contribution is -2.24. The van der Waals surface area contributed by atoms with Crippen molar-refractivity contribution in [2.24, 2.45) is 0 Å². The fraction of sp³-hybridized carbons (Fsp3) is 0.0769. The summed E-state index contributed by atoms with van der Waals surface area (Å²) in [6.45, 7) is 1.70. The third-order valence-corrected chi connectivity index (χ3v) is 5.33. The van der Waals surface area contributed by atoms with Gasteiger partial charge in [0.2, 0.25) is 11.1 Å². The summed E-state index contributed by atoms with van der Waals surface area (Å²) < 4.78 is 7.06. The average Bonchev–Trinajstić information content (AvgIpc) is 2.83. The molecule has 0 bridgehead atoms. The molecule has 0 saturated carbocycles. The molecule has 2 aromatic heterocycles. The van der Waals surface area contributed by atoms with Crippen molar-refractivity contribution in [3.05, 3.63) is 112 Å². The number of fused-ring (bicyclic) bond motifs is 3. The Labute approximate surface area is 183 Å². The SMILES string of the molecule is Cc1cc(=O)c(C(=O)OCc2nc3ccccc3c3ccccc23)nn1-c1ccccc1. The Morgan fingerprint density at radius 2 is 1.53 bits per heavy atom. The molecule has 0 atom stereocenters. The van der Waals surface area contributed by atoms with Crippen LogP contribution in [0.5, 0.6) is 0 Å². The van der Waals surface area contributed by atoms with Crippen LogP contribution in [0.3, 0.4) is 0 Å². The summed E-state index contributed by atoms with van der Waals surface area (Å²) in [6, 6.07) is 26.4. The van der Waals surface area contributed by atoms with Crippen LogP contribution in [0.1, 0.15) is 21.9 Å². The van der Waals surface area contributed by atoms with Crippen LogP contribution in [0, 0.1) is 6.92 Å². The molecule has 0 saturated heterocycles. The van der Waals surface area contributed by atoms with E-state index >= 15 is 0 Å². The first-order valence-electron chi connectivity index (χ1n) is 10.2. The van der Waals surface area contributed by atoms with E-state index in [9.17, 15) is 9.59 Å². The van der Waals surface area contributed by atoms with E-state index in [2.05, 4.69) is 10.1 Å². The molecule has 5 aromatic rings. The van der Waals surface area contributed by atoms with E-state index in [0.717, 1.165) is 27.4 Å². The van der Waals surface area contributed by atoms with Crippen molar-refractivity contribution in [3.63, 3.8) is 0 Å². The van der Waals surface area contributed by atoms with E-state index in [-0.39, 0.29) is 12.3 Å². The fourth-order valence-electron chi connectivity index (χ4n) is 3.81. The Balaban J connectivity index is 1.49. The number of hydrogen-bond donors (Lipinski definition) is 0. The lowest BCUT2D eigenvalue weighted by Gasteiger charge is -2.12. The molecule has 32 heavy (non-hydrogen) atoms. The molecule has 156 valence electrons. The van der Waals surface area contributed by atoms with Crippen LogP contribution >= 0.6 is 0 Å². The molecular weight excluding hydrogens is 402 g/mol. The first kappa shape index (κ1) is 19.6. The molecule has 6 nitrogen and oxygen atoms in total. The zero-order chi connectivity index (χ0) is 22.1. The van der Waals surface area contributed by atoms with Crippen molar-refractivity contribution in [1.82, 2.24) is 14.8 Å². The van der Waals surface area contributed by atoms with Gasteiger partial charge >= 0.3 is 5.97 Å². The molecule has 2 heterocycles. The highest BCUT2D eigenvalue weighted by atomic mass is 16.5. The van der Waals surface area contributed by atoms with Crippen LogP contribution in [0.4, 0.5) is 0 Å². The number of nitrogens with zero attached hydrogens (tertiary/aromatic N) is 3. The zero-order valence-electron chi connectivity index (χ0n) is 17.4. The maximum Gasteiger partial charge on any atom is 0.363 e. The summed E-state index contributed by atoms with van der Waals surface area (Å²) in [6.07, 6.45) is 0. The van der Waals surface area contributed by atoms with Crippen LogP contribution < -0.4 is 5.43 Å². The van der Waals surface area contributed by atoms with Crippen molar-refractivity contribution in [3.8, 4) is 5.69 Å². The second-order valence-electron chi connectivity index (χ2n) is 7.44. The number of benzene rings is 3. The zero-order valence-corrected chi connectivity index (χ0v) is 17.4. The molecule has 0 N–H and O–H groups in total. The van der Waals surface area contributed by atoms with Crippen LogP contribution in [0.15, 0.2) is 89.7 Å². The Bertz CT molecular complexity index is 1520. The summed E-state index contributed by atoms with van der Waals surface area (Å²) >= 11 is 0. The highest BCUT2D eigenvalue weighted by Gasteiger charge is 2.18. The number of carbonyl (C=O) groups excluding carboxylic acids is 1. The van der Waals surface area contributed by atoms with Crippen LogP contribution in [0.2, 0.25) is 0 Å². The summed E-state index contributed by atoms with van der Waals surface area (Å²) in [5.74, 6) is -0.779. The predicted octanol–water partition coefficient (Wildman–Crippen LogP) is 4.60. The predicted molar refractivity (Wildman–Crippen MR) is 123 cm³/mol. The molecule has 5 rings (SSSR count). The van der Waals surface area contributed by atoms with Crippen molar-refractivity contribution in [1.29, 1.82) is 0 Å². The highest BCUT2D eigenvalue weighted by Crippen LogP contribution is 2.26. The standard InChI is InChI=1S/C26H19N3O3/c1-17-15-24(30)25(28-29(17)18-9-3-2-4-10-18)26(31)32-16-23-21-13-6-5-11-19(21)20-12-7-8-14-22(20)27-23/h2-15H,16H2,1H3. The number of para-hydroxylation sites is 2. The summed E-state index contributed by atoms with van der Waals surface area (Å²) in [7, 11) is 0. The summed E-state index contributed by atoms with van der Waals surface area (Å²) in [5.41, 5.74) is 2.09. The molecule has 6 heteroatoms. The quantitative estimate of drug-likeness (QED) is 0.313. The van der Waals surface area contributed by atoms with Gasteiger partial charge in [-0.3, -0.25) is 4.79 Å². The van der Waals surface area contributed by atoms with E-state index < -0.39 is 11.4 Å². The topological polar surface area (TPSA) is 74.1 Å². The van der Waals surface area contributed by atoms with Gasteiger partial charge in [0.1, 0.15) is 6.61 Å². The molecule has 0 aliphatic carbocycles. The van der Waals surface area contributed by atoms with Gasteiger partial charge in [0.25, 0.3) is 0 Å². The summed E-state index contributed by atoms with van der Waals surface area (Å²) in [4.78, 5) is 30.0. The molecule has 3 aromatic carbocycles. The summed E-state index contributed by atoms with van der Waals surface area (Å²) in [5, 5.41) is 7.24. The Kier molecular flexibility index (Phi) is 4.95. The Morgan fingerprint density at radius 3 is 2.31 bits per heavy atom. The lowest BCUT2D eigenvalue weighted by atomic mass is 10.0. The molecule has 0 unspecified atom stereocenters. The van der Waals surface area contributed by atoms with Gasteiger partial charge in [-0.2, -0.15) is 5.10 Å². The second kappa shape index (κ2) is 8.07. The number of ether oxygens (including phenoxy) is 1. The normalized spacial score (nSPS) is 11.0. The molecule has 0 radical (unpaired) electrons. The van der Waals surface area contributed by atoms with E-state index in [1.807, 2.05) is 78.9 Å². The highest BCUT2D eigenvalue weighted by molar-refractivity contribution is 6.06. The van der Waals surface area contributed by atoms with Gasteiger partial charge in [-0.1, -0.05) is 60.7 Å². The smallest absolute Gasteiger partial charge is 0.363 e. The van der Waals surface area contributed by atoms with Gasteiger partial charge in [0.05, 0.1) is 16.9 Å². The first-order chi connectivity index (χ1) is 15.6. The van der Waals surface area contributed by atoms with E-state index in [1.54, 1.807) is 11.6 Å². The Hall–Kier alpha value is -4.32. The number of pyridine rings is 1. The maximum atomic E-state index is 12.8.